The van der Waals surface area contributed by atoms with Crippen LogP contribution >= 0.6 is 0 Å². The Balaban J connectivity index is 1.76. The van der Waals surface area contributed by atoms with Gasteiger partial charge in [0.05, 0.1) is 35.9 Å². The Labute approximate surface area is 190 Å². The van der Waals surface area contributed by atoms with Crippen LogP contribution < -0.4 is 14.4 Å². The summed E-state index contributed by atoms with van der Waals surface area (Å²) in [6.45, 7) is 12.5. The molecule has 1 aromatic heterocycles. The average Bonchev–Trinajstić information content (AvgIpc) is 3.14. The smallest absolute Gasteiger partial charge is 0.132 e. The summed E-state index contributed by atoms with van der Waals surface area (Å²) in [5.41, 5.74) is 6.30. The van der Waals surface area contributed by atoms with Crippen molar-refractivity contribution in [1.29, 1.82) is 0 Å². The first-order valence-electron chi connectivity index (χ1n) is 11.5. The van der Waals surface area contributed by atoms with E-state index in [1.54, 1.807) is 7.11 Å². The van der Waals surface area contributed by atoms with E-state index in [2.05, 4.69) is 79.6 Å². The van der Waals surface area contributed by atoms with Gasteiger partial charge in [-0.1, -0.05) is 13.8 Å². The molecule has 32 heavy (non-hydrogen) atoms. The summed E-state index contributed by atoms with van der Waals surface area (Å²) in [5, 5.41) is 6.33. The molecule has 5 rings (SSSR count). The maximum atomic E-state index is 6.41. The van der Waals surface area contributed by atoms with Gasteiger partial charge in [0.25, 0.3) is 0 Å². The second-order valence-corrected chi connectivity index (χ2v) is 9.11. The summed E-state index contributed by atoms with van der Waals surface area (Å²) in [6.07, 6.45) is 4.34. The van der Waals surface area contributed by atoms with Crippen molar-refractivity contribution < 1.29 is 9.47 Å². The van der Waals surface area contributed by atoms with Gasteiger partial charge in [-0.05, 0) is 57.3 Å². The Hall–Kier alpha value is -2.99. The van der Waals surface area contributed by atoms with Gasteiger partial charge in [0, 0.05) is 30.8 Å². The van der Waals surface area contributed by atoms with Crippen molar-refractivity contribution >= 4 is 28.4 Å². The minimum Gasteiger partial charge on any atom is -0.497 e. The number of nitrogens with zero attached hydrogens (tertiary/aromatic N) is 4. The molecule has 0 N–H and O–H groups in total. The van der Waals surface area contributed by atoms with Crippen LogP contribution in [0.25, 0.3) is 28.2 Å². The molecule has 0 saturated heterocycles. The zero-order valence-electron chi connectivity index (χ0n) is 19.9. The summed E-state index contributed by atoms with van der Waals surface area (Å²) in [6, 6.07) is 8.41. The van der Waals surface area contributed by atoms with Crippen molar-refractivity contribution in [2.24, 2.45) is 0 Å². The van der Waals surface area contributed by atoms with Crippen molar-refractivity contribution in [2.45, 2.75) is 39.8 Å². The largest absolute Gasteiger partial charge is 0.497 e. The number of anilines is 2. The predicted octanol–water partition coefficient (Wildman–Crippen LogP) is 5.32. The maximum Gasteiger partial charge on any atom is 0.132 e. The Morgan fingerprint density at radius 1 is 1.16 bits per heavy atom. The van der Waals surface area contributed by atoms with E-state index in [0.29, 0.717) is 0 Å². The van der Waals surface area contributed by atoms with E-state index >= 15 is 0 Å². The van der Waals surface area contributed by atoms with E-state index in [0.717, 1.165) is 71.4 Å². The minimum atomic E-state index is -0.333. The molecule has 0 atom stereocenters. The first-order chi connectivity index (χ1) is 15.4. The molecular formula is C26H32N4O2. The van der Waals surface area contributed by atoms with Crippen LogP contribution in [0.2, 0.25) is 0 Å². The highest BCUT2D eigenvalue weighted by Crippen LogP contribution is 2.52. The molecule has 0 amide bonds. The number of likely N-dealkylation sites (N-methyl/N-ethyl adjacent to an activating group) is 1. The third-order valence-corrected chi connectivity index (χ3v) is 6.72. The van der Waals surface area contributed by atoms with Gasteiger partial charge in [-0.25, -0.2) is 0 Å². The van der Waals surface area contributed by atoms with Crippen molar-refractivity contribution in [3.8, 4) is 22.8 Å². The van der Waals surface area contributed by atoms with Gasteiger partial charge in [0.2, 0.25) is 0 Å². The first kappa shape index (κ1) is 20.9. The standard InChI is InChI=1S/C26H32N4O2/c1-7-29(8-2)13-14-30-21-16-22-18(11-12-26(3,4)32-22)25-23(21)24(27-30)19-15-17(31-6)9-10-20(19)28(25)5/h9-12,15-16H,7-8,13-14H2,1-6H3. The molecule has 0 spiro atoms. The topological polar surface area (TPSA) is 42.8 Å². The molecule has 168 valence electrons. The number of methoxy groups -OCH3 is 1. The third kappa shape index (κ3) is 3.16. The SMILES string of the molecule is CCN(CC)CCn1nc2c3c(c4c(cc31)OC(C)(C)C=C4)N(C)c1ccc(OC)cc1-2. The van der Waals surface area contributed by atoms with E-state index in [9.17, 15) is 0 Å². The fourth-order valence-corrected chi connectivity index (χ4v) is 4.88. The fourth-order valence-electron chi connectivity index (χ4n) is 4.88. The van der Waals surface area contributed by atoms with Crippen LogP contribution in [0, 0.1) is 0 Å². The lowest BCUT2D eigenvalue weighted by Gasteiger charge is -2.34. The summed E-state index contributed by atoms with van der Waals surface area (Å²) in [4.78, 5) is 4.70. The van der Waals surface area contributed by atoms with Gasteiger partial charge in [0.15, 0.2) is 0 Å². The van der Waals surface area contributed by atoms with Crippen LogP contribution in [0.15, 0.2) is 30.3 Å². The monoisotopic (exact) mass is 432 g/mol. The Morgan fingerprint density at radius 3 is 2.66 bits per heavy atom. The normalized spacial score (nSPS) is 15.7. The Morgan fingerprint density at radius 2 is 1.94 bits per heavy atom. The molecular weight excluding hydrogens is 400 g/mol. The summed E-state index contributed by atoms with van der Waals surface area (Å²) in [7, 11) is 3.84. The van der Waals surface area contributed by atoms with Crippen molar-refractivity contribution in [2.75, 3.05) is 38.7 Å². The van der Waals surface area contributed by atoms with Crippen LogP contribution in [0.4, 0.5) is 11.4 Å². The fraction of sp³-hybridized carbons (Fsp3) is 0.423. The number of rotatable bonds is 6. The Kier molecular flexibility index (Phi) is 4.93. The van der Waals surface area contributed by atoms with E-state index in [1.807, 2.05) is 6.07 Å². The molecule has 2 aliphatic rings. The molecule has 2 aromatic carbocycles. The molecule has 6 heteroatoms. The van der Waals surface area contributed by atoms with Gasteiger partial charge in [0.1, 0.15) is 22.8 Å². The van der Waals surface area contributed by atoms with Gasteiger partial charge in [-0.3, -0.25) is 4.68 Å². The minimum absolute atomic E-state index is 0.333. The summed E-state index contributed by atoms with van der Waals surface area (Å²) >= 11 is 0. The first-order valence-corrected chi connectivity index (χ1v) is 11.5. The highest BCUT2D eigenvalue weighted by molar-refractivity contribution is 6.13. The summed E-state index contributed by atoms with van der Waals surface area (Å²) < 4.78 is 14.1. The van der Waals surface area contributed by atoms with Crippen LogP contribution in [-0.4, -0.2) is 54.1 Å². The molecule has 6 nitrogen and oxygen atoms in total. The van der Waals surface area contributed by atoms with Crippen LogP contribution in [-0.2, 0) is 6.54 Å². The third-order valence-electron chi connectivity index (χ3n) is 6.72. The number of hydrogen-bond acceptors (Lipinski definition) is 5. The average molecular weight is 433 g/mol. The number of ether oxygens (including phenoxy) is 2. The highest BCUT2D eigenvalue weighted by Gasteiger charge is 2.33. The molecule has 2 aliphatic heterocycles. The highest BCUT2D eigenvalue weighted by atomic mass is 16.5. The van der Waals surface area contributed by atoms with Crippen LogP contribution in [0.3, 0.4) is 0 Å². The quantitative estimate of drug-likeness (QED) is 0.527. The second-order valence-electron chi connectivity index (χ2n) is 9.11. The van der Waals surface area contributed by atoms with Gasteiger partial charge in [-0.15, -0.1) is 0 Å². The number of aromatic nitrogens is 2. The lowest BCUT2D eigenvalue weighted by atomic mass is 9.93. The number of fused-ring (bicyclic) bond motifs is 4. The van der Waals surface area contributed by atoms with Gasteiger partial charge >= 0.3 is 0 Å². The van der Waals surface area contributed by atoms with Crippen LogP contribution in [0.5, 0.6) is 11.5 Å². The summed E-state index contributed by atoms with van der Waals surface area (Å²) in [5.74, 6) is 1.76. The molecule has 0 bridgehead atoms. The van der Waals surface area contributed by atoms with E-state index < -0.39 is 0 Å². The molecule has 0 saturated carbocycles. The molecule has 0 radical (unpaired) electrons. The molecule has 3 heterocycles. The Bertz CT molecular complexity index is 1220. The van der Waals surface area contributed by atoms with E-state index in [1.165, 1.54) is 5.39 Å². The van der Waals surface area contributed by atoms with Crippen molar-refractivity contribution in [1.82, 2.24) is 14.7 Å². The number of hydrogen-bond donors (Lipinski definition) is 0. The second kappa shape index (κ2) is 7.55. The lowest BCUT2D eigenvalue weighted by Crippen LogP contribution is -2.28. The molecule has 0 aliphatic carbocycles. The van der Waals surface area contributed by atoms with Gasteiger partial charge < -0.3 is 19.3 Å². The zero-order chi connectivity index (χ0) is 22.6. The lowest BCUT2D eigenvalue weighted by molar-refractivity contribution is 0.159. The predicted molar refractivity (Wildman–Crippen MR) is 131 cm³/mol. The zero-order valence-corrected chi connectivity index (χ0v) is 19.9. The molecule has 3 aromatic rings. The molecule has 0 fully saturated rings. The molecule has 0 unspecified atom stereocenters. The van der Waals surface area contributed by atoms with Gasteiger partial charge in [-0.2, -0.15) is 5.10 Å². The van der Waals surface area contributed by atoms with Crippen molar-refractivity contribution in [3.63, 3.8) is 0 Å². The van der Waals surface area contributed by atoms with Crippen molar-refractivity contribution in [3.05, 3.63) is 35.9 Å². The van der Waals surface area contributed by atoms with E-state index in [-0.39, 0.29) is 5.60 Å². The maximum absolute atomic E-state index is 6.41. The van der Waals surface area contributed by atoms with E-state index in [4.69, 9.17) is 14.6 Å². The van der Waals surface area contributed by atoms with Crippen LogP contribution in [0.1, 0.15) is 33.3 Å². The number of benzene rings is 2.